The van der Waals surface area contributed by atoms with E-state index in [0.717, 1.165) is 4.31 Å². The zero-order chi connectivity index (χ0) is 17.0. The fraction of sp³-hybridized carbons (Fsp3) is 0.133. The Bertz CT molecular complexity index is 808. The van der Waals surface area contributed by atoms with Gasteiger partial charge in [-0.1, -0.05) is 41.4 Å². The Hall–Kier alpha value is -1.60. The molecular weight excluding hydrogens is 359 g/mol. The van der Waals surface area contributed by atoms with E-state index in [2.05, 4.69) is 0 Å². The van der Waals surface area contributed by atoms with Crippen LogP contribution in [-0.4, -0.2) is 25.2 Å². The van der Waals surface area contributed by atoms with Crippen LogP contribution < -0.4 is 5.73 Å². The summed E-state index contributed by atoms with van der Waals surface area (Å²) in [5, 5.41) is 0.824. The Kier molecular flexibility index (Phi) is 5.64. The molecule has 0 unspecified atom stereocenters. The molecule has 0 bridgehead atoms. The van der Waals surface area contributed by atoms with Crippen LogP contribution in [0, 0.1) is 0 Å². The number of hydrogen-bond acceptors (Lipinski definition) is 3. The lowest BCUT2D eigenvalue weighted by atomic mass is 10.2. The van der Waals surface area contributed by atoms with Crippen LogP contribution >= 0.6 is 23.2 Å². The van der Waals surface area contributed by atoms with Crippen LogP contribution in [0.15, 0.2) is 53.4 Å². The van der Waals surface area contributed by atoms with Gasteiger partial charge in [0.25, 0.3) is 0 Å². The van der Waals surface area contributed by atoms with Crippen LogP contribution in [0.3, 0.4) is 0 Å². The number of carbonyl (C=O) groups is 1. The Morgan fingerprint density at radius 3 is 2.22 bits per heavy atom. The van der Waals surface area contributed by atoms with Crippen LogP contribution in [0.2, 0.25) is 10.0 Å². The van der Waals surface area contributed by atoms with Gasteiger partial charge in [0.05, 0.1) is 11.4 Å². The van der Waals surface area contributed by atoms with Crippen molar-refractivity contribution in [1.29, 1.82) is 0 Å². The predicted molar refractivity (Wildman–Crippen MR) is 89.7 cm³/mol. The Balaban J connectivity index is 2.39. The number of carbonyl (C=O) groups excluding carboxylic acids is 1. The minimum Gasteiger partial charge on any atom is -0.369 e. The molecule has 5 nitrogen and oxygen atoms in total. The number of nitrogens with two attached hydrogens (primary N) is 1. The van der Waals surface area contributed by atoms with E-state index in [1.807, 2.05) is 0 Å². The number of benzene rings is 2. The van der Waals surface area contributed by atoms with Gasteiger partial charge in [-0.05, 0) is 35.9 Å². The summed E-state index contributed by atoms with van der Waals surface area (Å²) in [4.78, 5) is 11.3. The average Bonchev–Trinajstić information content (AvgIpc) is 2.48. The van der Waals surface area contributed by atoms with E-state index in [9.17, 15) is 13.2 Å². The van der Waals surface area contributed by atoms with E-state index in [1.165, 1.54) is 24.3 Å². The molecule has 0 saturated carbocycles. The van der Waals surface area contributed by atoms with Crippen molar-refractivity contribution in [3.63, 3.8) is 0 Å². The third-order valence-corrected chi connectivity index (χ3v) is 5.51. The summed E-state index contributed by atoms with van der Waals surface area (Å²) >= 11 is 11.8. The van der Waals surface area contributed by atoms with E-state index in [0.29, 0.717) is 15.6 Å². The summed E-state index contributed by atoms with van der Waals surface area (Å²) < 4.78 is 26.4. The molecule has 23 heavy (non-hydrogen) atoms. The summed E-state index contributed by atoms with van der Waals surface area (Å²) in [5.74, 6) is -0.755. The molecule has 122 valence electrons. The second-order valence-corrected chi connectivity index (χ2v) is 7.57. The predicted octanol–water partition coefficient (Wildman–Crippen LogP) is 2.67. The molecule has 2 rings (SSSR count). The lowest BCUT2D eigenvalue weighted by molar-refractivity contribution is -0.118. The number of halogens is 2. The lowest BCUT2D eigenvalue weighted by Crippen LogP contribution is -2.38. The third-order valence-electron chi connectivity index (χ3n) is 3.09. The van der Waals surface area contributed by atoms with Gasteiger partial charge >= 0.3 is 0 Å². The number of sulfonamides is 1. The molecule has 0 atom stereocenters. The second kappa shape index (κ2) is 7.31. The highest BCUT2D eigenvalue weighted by Crippen LogP contribution is 2.23. The zero-order valence-electron chi connectivity index (χ0n) is 11.9. The molecule has 0 aliphatic carbocycles. The Morgan fingerprint density at radius 1 is 1.04 bits per heavy atom. The smallest absolute Gasteiger partial charge is 0.243 e. The summed E-state index contributed by atoms with van der Waals surface area (Å²) in [6.07, 6.45) is 0. The highest BCUT2D eigenvalue weighted by Gasteiger charge is 2.26. The third kappa shape index (κ3) is 4.45. The first kappa shape index (κ1) is 17.7. The fourth-order valence-corrected chi connectivity index (χ4v) is 3.68. The van der Waals surface area contributed by atoms with Crippen LogP contribution in [-0.2, 0) is 21.4 Å². The molecule has 2 aromatic rings. The Labute approximate surface area is 144 Å². The molecule has 2 aromatic carbocycles. The first-order chi connectivity index (χ1) is 10.8. The minimum absolute atomic E-state index is 0.0233. The molecule has 0 saturated heterocycles. The Morgan fingerprint density at radius 2 is 1.65 bits per heavy atom. The van der Waals surface area contributed by atoms with Crippen LogP contribution in [0.4, 0.5) is 0 Å². The van der Waals surface area contributed by atoms with Gasteiger partial charge in [0.2, 0.25) is 15.9 Å². The van der Waals surface area contributed by atoms with Gasteiger partial charge in [-0.25, -0.2) is 8.42 Å². The van der Waals surface area contributed by atoms with Crippen LogP contribution in [0.25, 0.3) is 0 Å². The monoisotopic (exact) mass is 372 g/mol. The van der Waals surface area contributed by atoms with E-state index >= 15 is 0 Å². The second-order valence-electron chi connectivity index (χ2n) is 4.78. The SMILES string of the molecule is NC(=O)CN(Cc1ccccc1Cl)S(=O)(=O)c1ccc(Cl)cc1. The van der Waals surface area contributed by atoms with Gasteiger partial charge in [-0.3, -0.25) is 4.79 Å². The molecule has 0 fully saturated rings. The number of rotatable bonds is 6. The highest BCUT2D eigenvalue weighted by molar-refractivity contribution is 7.89. The van der Waals surface area contributed by atoms with E-state index in [-0.39, 0.29) is 11.4 Å². The number of amides is 1. The first-order valence-corrected chi connectivity index (χ1v) is 8.78. The maximum absolute atomic E-state index is 12.7. The normalized spacial score (nSPS) is 11.6. The van der Waals surface area contributed by atoms with Gasteiger partial charge in [-0.15, -0.1) is 0 Å². The lowest BCUT2D eigenvalue weighted by Gasteiger charge is -2.21. The minimum atomic E-state index is -3.91. The van der Waals surface area contributed by atoms with E-state index < -0.39 is 22.5 Å². The largest absolute Gasteiger partial charge is 0.369 e. The van der Waals surface area contributed by atoms with Crippen molar-refractivity contribution in [3.05, 3.63) is 64.1 Å². The number of hydrogen-bond donors (Lipinski definition) is 1. The summed E-state index contributed by atoms with van der Waals surface area (Å²) in [7, 11) is -3.91. The van der Waals surface area contributed by atoms with Crippen molar-refractivity contribution in [2.24, 2.45) is 5.73 Å². The maximum atomic E-state index is 12.7. The molecule has 0 spiro atoms. The molecule has 0 aliphatic heterocycles. The van der Waals surface area contributed by atoms with Crippen LogP contribution in [0.5, 0.6) is 0 Å². The van der Waals surface area contributed by atoms with Gasteiger partial charge in [0, 0.05) is 16.6 Å². The molecule has 1 amide bonds. The van der Waals surface area contributed by atoms with Crippen molar-refractivity contribution in [3.8, 4) is 0 Å². The van der Waals surface area contributed by atoms with Crippen LogP contribution in [0.1, 0.15) is 5.56 Å². The molecule has 8 heteroatoms. The van der Waals surface area contributed by atoms with Gasteiger partial charge in [0.15, 0.2) is 0 Å². The standard InChI is InChI=1S/C15H14Cl2N2O3S/c16-12-5-7-13(8-6-12)23(21,22)19(10-15(18)20)9-11-3-1-2-4-14(11)17/h1-8H,9-10H2,(H2,18,20). The quantitative estimate of drug-likeness (QED) is 0.845. The van der Waals surface area contributed by atoms with Gasteiger partial charge in [-0.2, -0.15) is 4.31 Å². The van der Waals surface area contributed by atoms with Gasteiger partial charge in [0.1, 0.15) is 0 Å². The molecule has 0 heterocycles. The van der Waals surface area contributed by atoms with Crippen molar-refractivity contribution in [2.45, 2.75) is 11.4 Å². The highest BCUT2D eigenvalue weighted by atomic mass is 35.5. The summed E-state index contributed by atoms with van der Waals surface area (Å²) in [5.41, 5.74) is 5.76. The van der Waals surface area contributed by atoms with E-state index in [1.54, 1.807) is 24.3 Å². The molecule has 0 radical (unpaired) electrons. The molecule has 0 aliphatic rings. The molecule has 2 N–H and O–H groups in total. The molecule has 0 aromatic heterocycles. The van der Waals surface area contributed by atoms with Crippen molar-refractivity contribution >= 4 is 39.1 Å². The zero-order valence-corrected chi connectivity index (χ0v) is 14.3. The summed E-state index contributed by atoms with van der Waals surface area (Å²) in [6, 6.07) is 12.5. The number of primary amides is 1. The van der Waals surface area contributed by atoms with Crippen molar-refractivity contribution in [2.75, 3.05) is 6.54 Å². The fourth-order valence-electron chi connectivity index (χ4n) is 1.97. The van der Waals surface area contributed by atoms with Gasteiger partial charge < -0.3 is 5.73 Å². The molecular formula is C15H14Cl2N2O3S. The van der Waals surface area contributed by atoms with E-state index in [4.69, 9.17) is 28.9 Å². The maximum Gasteiger partial charge on any atom is 0.243 e. The topological polar surface area (TPSA) is 80.5 Å². The summed E-state index contributed by atoms with van der Waals surface area (Å²) in [6.45, 7) is -0.510. The van der Waals surface area contributed by atoms with Crippen molar-refractivity contribution in [1.82, 2.24) is 4.31 Å². The average molecular weight is 373 g/mol. The first-order valence-electron chi connectivity index (χ1n) is 6.58. The number of nitrogens with zero attached hydrogens (tertiary/aromatic N) is 1. The van der Waals surface area contributed by atoms with Crippen molar-refractivity contribution < 1.29 is 13.2 Å².